The Hall–Kier alpha value is -2.59. The fraction of sp³-hybridized carbons (Fsp3) is 0.696. The Bertz CT molecular complexity index is 1180. The van der Waals surface area contributed by atoms with E-state index in [2.05, 4.69) is 79.1 Å². The van der Waals surface area contributed by atoms with Crippen molar-refractivity contribution in [3.8, 4) is 0 Å². The first-order chi connectivity index (χ1) is 27.7. The highest BCUT2D eigenvalue weighted by Crippen LogP contribution is 2.43. The molecule has 328 valence electrons. The molecular weight excluding hydrogens is 743 g/mol. The standard InChI is InChI=1S/C46H79O10P/c1-3-5-7-9-11-13-15-17-19-20-21-22-24-25-27-29-31-33-35-37-45(49)53-41-44(42-55-57(51,52)54-40-43(48)39-47)56-46(50)38-36-34-32-30-28-26-23-18-16-14-12-10-8-6-4-2/h11,13,17,19,21-22,25-28,31,33,43-44,47-48H,3-10,12,14-16,18,20,23-24,29-30,32,34-42H2,1-2H3,(H,51,52)/b13-11+,19-17+,22-21+,27-25+,28-26+,33-31+/t43-,44+/m0/s1. The van der Waals surface area contributed by atoms with E-state index < -0.39 is 51.8 Å². The number of rotatable bonds is 40. The molecule has 11 heteroatoms. The van der Waals surface area contributed by atoms with Crippen LogP contribution in [-0.2, 0) is 32.7 Å². The predicted molar refractivity (Wildman–Crippen MR) is 233 cm³/mol. The average Bonchev–Trinajstić information content (AvgIpc) is 3.20. The van der Waals surface area contributed by atoms with Crippen molar-refractivity contribution in [2.45, 2.75) is 180 Å². The Morgan fingerprint density at radius 3 is 1.49 bits per heavy atom. The summed E-state index contributed by atoms with van der Waals surface area (Å²) in [5, 5.41) is 18.3. The van der Waals surface area contributed by atoms with Gasteiger partial charge in [-0.05, 0) is 77.0 Å². The summed E-state index contributed by atoms with van der Waals surface area (Å²) in [6.07, 6.45) is 47.4. The van der Waals surface area contributed by atoms with Gasteiger partial charge in [0.1, 0.15) is 12.7 Å². The lowest BCUT2D eigenvalue weighted by molar-refractivity contribution is -0.161. The number of allylic oxidation sites excluding steroid dienone is 12. The van der Waals surface area contributed by atoms with Gasteiger partial charge in [0, 0.05) is 12.8 Å². The van der Waals surface area contributed by atoms with Crippen molar-refractivity contribution >= 4 is 19.8 Å². The van der Waals surface area contributed by atoms with Gasteiger partial charge in [0.25, 0.3) is 0 Å². The van der Waals surface area contributed by atoms with Gasteiger partial charge >= 0.3 is 19.8 Å². The number of aliphatic hydroxyl groups excluding tert-OH is 2. The normalized spacial score (nSPS) is 14.5. The third-order valence-corrected chi connectivity index (χ3v) is 9.80. The largest absolute Gasteiger partial charge is 0.472 e. The van der Waals surface area contributed by atoms with Crippen LogP contribution < -0.4 is 0 Å². The van der Waals surface area contributed by atoms with Crippen LogP contribution in [0.4, 0.5) is 0 Å². The molecule has 0 aliphatic rings. The summed E-state index contributed by atoms with van der Waals surface area (Å²) >= 11 is 0. The molecule has 0 aromatic carbocycles. The fourth-order valence-corrected chi connectivity index (χ4v) is 6.23. The van der Waals surface area contributed by atoms with E-state index in [9.17, 15) is 24.2 Å². The molecule has 0 spiro atoms. The Labute approximate surface area is 346 Å². The molecule has 1 unspecified atom stereocenters. The maximum Gasteiger partial charge on any atom is 0.472 e. The zero-order valence-corrected chi connectivity index (χ0v) is 36.4. The monoisotopic (exact) mass is 823 g/mol. The van der Waals surface area contributed by atoms with Gasteiger partial charge in [0.05, 0.1) is 19.8 Å². The van der Waals surface area contributed by atoms with Crippen LogP contribution in [0.5, 0.6) is 0 Å². The molecule has 3 atom stereocenters. The van der Waals surface area contributed by atoms with E-state index in [0.29, 0.717) is 12.8 Å². The van der Waals surface area contributed by atoms with Gasteiger partial charge < -0.3 is 24.6 Å². The number of ether oxygens (including phenoxy) is 2. The van der Waals surface area contributed by atoms with Crippen LogP contribution in [0.2, 0.25) is 0 Å². The molecule has 0 aromatic rings. The minimum absolute atomic E-state index is 0.112. The highest BCUT2D eigenvalue weighted by molar-refractivity contribution is 7.47. The molecular formula is C46H79O10P. The van der Waals surface area contributed by atoms with Crippen LogP contribution in [0.1, 0.15) is 168 Å². The average molecular weight is 823 g/mol. The van der Waals surface area contributed by atoms with Gasteiger partial charge in [-0.2, -0.15) is 0 Å². The van der Waals surface area contributed by atoms with E-state index >= 15 is 0 Å². The van der Waals surface area contributed by atoms with Crippen molar-refractivity contribution in [3.63, 3.8) is 0 Å². The van der Waals surface area contributed by atoms with Crippen LogP contribution in [-0.4, -0.2) is 65.7 Å². The van der Waals surface area contributed by atoms with E-state index in [1.165, 1.54) is 77.0 Å². The number of phosphoric ester groups is 1. The third kappa shape index (κ3) is 41.4. The van der Waals surface area contributed by atoms with E-state index in [4.69, 9.17) is 19.1 Å². The smallest absolute Gasteiger partial charge is 0.462 e. The predicted octanol–water partition coefficient (Wildman–Crippen LogP) is 11.7. The zero-order valence-electron chi connectivity index (χ0n) is 35.5. The molecule has 0 heterocycles. The van der Waals surface area contributed by atoms with E-state index in [-0.39, 0.29) is 19.4 Å². The Kier molecular flexibility index (Phi) is 39.7. The third-order valence-electron chi connectivity index (χ3n) is 8.85. The zero-order chi connectivity index (χ0) is 41.9. The molecule has 0 saturated heterocycles. The first-order valence-corrected chi connectivity index (χ1v) is 23.4. The molecule has 3 N–H and O–H groups in total. The lowest BCUT2D eigenvalue weighted by atomic mass is 10.1. The van der Waals surface area contributed by atoms with Crippen LogP contribution in [0.15, 0.2) is 72.9 Å². The highest BCUT2D eigenvalue weighted by atomic mass is 31.2. The number of hydrogen-bond acceptors (Lipinski definition) is 9. The van der Waals surface area contributed by atoms with Gasteiger partial charge in [-0.1, -0.05) is 151 Å². The summed E-state index contributed by atoms with van der Waals surface area (Å²) in [6, 6.07) is 0. The van der Waals surface area contributed by atoms with Crippen molar-refractivity contribution in [1.82, 2.24) is 0 Å². The van der Waals surface area contributed by atoms with Crippen LogP contribution in [0.3, 0.4) is 0 Å². The van der Waals surface area contributed by atoms with Crippen molar-refractivity contribution in [2.24, 2.45) is 0 Å². The molecule has 0 bridgehead atoms. The maximum absolute atomic E-state index is 12.6. The number of phosphoric acid groups is 1. The van der Waals surface area contributed by atoms with Gasteiger partial charge in [0.2, 0.25) is 0 Å². The van der Waals surface area contributed by atoms with Crippen LogP contribution in [0, 0.1) is 0 Å². The second-order valence-corrected chi connectivity index (χ2v) is 15.8. The molecule has 0 saturated carbocycles. The Morgan fingerprint density at radius 2 is 0.947 bits per heavy atom. The summed E-state index contributed by atoms with van der Waals surface area (Å²) in [4.78, 5) is 34.9. The number of carbonyl (C=O) groups excluding carboxylic acids is 2. The molecule has 10 nitrogen and oxygen atoms in total. The molecule has 0 rings (SSSR count). The number of hydrogen-bond donors (Lipinski definition) is 3. The van der Waals surface area contributed by atoms with E-state index in [0.717, 1.165) is 51.4 Å². The van der Waals surface area contributed by atoms with Gasteiger partial charge in [-0.25, -0.2) is 4.57 Å². The number of esters is 2. The quantitative estimate of drug-likeness (QED) is 0.0236. The molecule has 0 aromatic heterocycles. The maximum atomic E-state index is 12.6. The topological polar surface area (TPSA) is 149 Å². The van der Waals surface area contributed by atoms with Crippen LogP contribution in [0.25, 0.3) is 0 Å². The lowest BCUT2D eigenvalue weighted by Crippen LogP contribution is -2.29. The fourth-order valence-electron chi connectivity index (χ4n) is 5.44. The molecule has 0 fully saturated rings. The summed E-state index contributed by atoms with van der Waals surface area (Å²) in [5.41, 5.74) is 0. The summed E-state index contributed by atoms with van der Waals surface area (Å²) < 4.78 is 32.6. The van der Waals surface area contributed by atoms with Gasteiger partial charge in [-0.15, -0.1) is 0 Å². The van der Waals surface area contributed by atoms with Gasteiger partial charge in [-0.3, -0.25) is 18.6 Å². The van der Waals surface area contributed by atoms with Crippen molar-refractivity contribution in [2.75, 3.05) is 26.4 Å². The molecule has 0 amide bonds. The van der Waals surface area contributed by atoms with Crippen LogP contribution >= 0.6 is 7.82 Å². The number of unbranched alkanes of at least 4 members (excludes halogenated alkanes) is 14. The second kappa shape index (κ2) is 41.6. The van der Waals surface area contributed by atoms with Crippen molar-refractivity contribution in [1.29, 1.82) is 0 Å². The molecule has 57 heavy (non-hydrogen) atoms. The van der Waals surface area contributed by atoms with E-state index in [1.54, 1.807) is 0 Å². The second-order valence-electron chi connectivity index (χ2n) is 14.4. The summed E-state index contributed by atoms with van der Waals surface area (Å²) in [7, 11) is -4.64. The first kappa shape index (κ1) is 54.4. The highest BCUT2D eigenvalue weighted by Gasteiger charge is 2.27. The Balaban J connectivity index is 4.45. The molecule has 0 aliphatic heterocycles. The van der Waals surface area contributed by atoms with Crippen molar-refractivity contribution < 1.29 is 47.8 Å². The number of aliphatic hydroxyl groups is 2. The summed E-state index contributed by atoms with van der Waals surface area (Å²) in [5.74, 6) is -1.04. The van der Waals surface area contributed by atoms with E-state index in [1.807, 2.05) is 12.2 Å². The molecule has 0 radical (unpaired) electrons. The minimum atomic E-state index is -4.64. The van der Waals surface area contributed by atoms with Gasteiger partial charge in [0.15, 0.2) is 6.10 Å². The Morgan fingerprint density at radius 1 is 0.526 bits per heavy atom. The lowest BCUT2D eigenvalue weighted by Gasteiger charge is -2.20. The first-order valence-electron chi connectivity index (χ1n) is 21.9. The minimum Gasteiger partial charge on any atom is -0.462 e. The number of carbonyl (C=O) groups is 2. The SMILES string of the molecule is CCCCC/C=C/C/C=C/C/C=C/C/C=C/C/C=C/CCC(=O)OC[C@H](COP(=O)(O)OC[C@@H](O)CO)OC(=O)CCCCC/C=C/CCCCCCCCCC. The van der Waals surface area contributed by atoms with Crippen molar-refractivity contribution in [3.05, 3.63) is 72.9 Å². The summed E-state index contributed by atoms with van der Waals surface area (Å²) in [6.45, 7) is 2.24. The molecule has 0 aliphatic carbocycles.